The van der Waals surface area contributed by atoms with Crippen molar-refractivity contribution >= 4 is 17.6 Å². The average Bonchev–Trinajstić information content (AvgIpc) is 2.91. The summed E-state index contributed by atoms with van der Waals surface area (Å²) in [4.78, 5) is 25.3. The first kappa shape index (κ1) is 18.3. The van der Waals surface area contributed by atoms with Gasteiger partial charge in [-0.15, -0.1) is 0 Å². The topological polar surface area (TPSA) is 88.1 Å². The third-order valence-corrected chi connectivity index (χ3v) is 6.49. The van der Waals surface area contributed by atoms with Crippen LogP contribution in [0.4, 0.5) is 10.5 Å². The van der Waals surface area contributed by atoms with Gasteiger partial charge in [-0.2, -0.15) is 5.10 Å². The molecule has 7 nitrogen and oxygen atoms in total. The fourth-order valence-electron chi connectivity index (χ4n) is 5.84. The van der Waals surface area contributed by atoms with Crippen molar-refractivity contribution in [1.82, 2.24) is 20.4 Å². The summed E-state index contributed by atoms with van der Waals surface area (Å²) in [6, 6.07) is -0.220. The van der Waals surface area contributed by atoms with Gasteiger partial charge < -0.3 is 16.0 Å². The quantitative estimate of drug-likeness (QED) is 0.741. The maximum atomic E-state index is 12.8. The molecule has 0 unspecified atom stereocenters. The largest absolute Gasteiger partial charge is 0.350 e. The molecule has 148 valence electrons. The Labute approximate surface area is 160 Å². The van der Waals surface area contributed by atoms with E-state index in [1.165, 1.54) is 23.9 Å². The molecule has 0 atom stereocenters. The number of carbonyl (C=O) groups excluding carboxylic acids is 2. The van der Waals surface area contributed by atoms with Crippen molar-refractivity contribution in [3.63, 3.8) is 0 Å². The highest BCUT2D eigenvalue weighted by atomic mass is 16.2. The van der Waals surface area contributed by atoms with E-state index in [2.05, 4.69) is 21.0 Å². The third kappa shape index (κ3) is 3.69. The monoisotopic (exact) mass is 373 g/mol. The minimum Gasteiger partial charge on any atom is -0.350 e. The van der Waals surface area contributed by atoms with Crippen molar-refractivity contribution in [1.29, 1.82) is 0 Å². The first-order chi connectivity index (χ1) is 12.8. The minimum atomic E-state index is -0.220. The van der Waals surface area contributed by atoms with Crippen molar-refractivity contribution in [2.24, 2.45) is 30.7 Å². The van der Waals surface area contributed by atoms with E-state index in [-0.39, 0.29) is 17.5 Å². The van der Waals surface area contributed by atoms with Crippen LogP contribution in [0.5, 0.6) is 0 Å². The van der Waals surface area contributed by atoms with Gasteiger partial charge >= 0.3 is 6.03 Å². The van der Waals surface area contributed by atoms with Gasteiger partial charge in [-0.05, 0) is 62.2 Å². The molecular formula is C20H31N5O2. The van der Waals surface area contributed by atoms with Crippen LogP contribution in [-0.2, 0) is 7.05 Å². The molecule has 4 saturated carbocycles. The van der Waals surface area contributed by atoms with Gasteiger partial charge in [-0.25, -0.2) is 4.79 Å². The Morgan fingerprint density at radius 3 is 2.33 bits per heavy atom. The fourth-order valence-corrected chi connectivity index (χ4v) is 5.84. The zero-order valence-corrected chi connectivity index (χ0v) is 16.5. The molecule has 1 aromatic rings. The van der Waals surface area contributed by atoms with Crippen LogP contribution in [0.25, 0.3) is 0 Å². The Bertz CT molecular complexity index is 703. The first-order valence-electron chi connectivity index (χ1n) is 10.2. The van der Waals surface area contributed by atoms with Gasteiger partial charge in [0.25, 0.3) is 5.91 Å². The second-order valence-corrected chi connectivity index (χ2v) is 9.41. The summed E-state index contributed by atoms with van der Waals surface area (Å²) in [7, 11) is 1.71. The van der Waals surface area contributed by atoms with Gasteiger partial charge in [0, 0.05) is 19.1 Å². The van der Waals surface area contributed by atoms with E-state index >= 15 is 0 Å². The van der Waals surface area contributed by atoms with E-state index in [1.807, 2.05) is 13.8 Å². The lowest BCUT2D eigenvalue weighted by atomic mass is 9.53. The molecule has 4 fully saturated rings. The van der Waals surface area contributed by atoms with Crippen LogP contribution in [0.3, 0.4) is 0 Å². The second kappa shape index (κ2) is 6.84. The predicted octanol–water partition coefficient (Wildman–Crippen LogP) is 2.90. The van der Waals surface area contributed by atoms with Crippen LogP contribution in [0.2, 0.25) is 0 Å². The molecule has 0 aliphatic heterocycles. The molecular weight excluding hydrogens is 342 g/mol. The molecule has 1 aromatic heterocycles. The van der Waals surface area contributed by atoms with Crippen molar-refractivity contribution in [2.75, 3.05) is 11.9 Å². The number of urea groups is 1. The molecule has 0 spiro atoms. The summed E-state index contributed by atoms with van der Waals surface area (Å²) in [6.07, 6.45) is 8.86. The third-order valence-electron chi connectivity index (χ3n) is 6.49. The number of anilines is 1. The van der Waals surface area contributed by atoms with Gasteiger partial charge in [-0.1, -0.05) is 13.8 Å². The van der Waals surface area contributed by atoms with Crippen LogP contribution >= 0.6 is 0 Å². The molecule has 3 N–H and O–H groups in total. The van der Waals surface area contributed by atoms with Crippen molar-refractivity contribution in [3.05, 3.63) is 11.9 Å². The number of aryl methyl sites for hydroxylation is 1. The Morgan fingerprint density at radius 1 is 1.19 bits per heavy atom. The van der Waals surface area contributed by atoms with Gasteiger partial charge in [0.15, 0.2) is 0 Å². The molecule has 7 heteroatoms. The normalized spacial score (nSPS) is 31.2. The molecule has 4 aliphatic carbocycles. The standard InChI is InChI=1S/C20H31N5O2/c1-12(2)10-21-18(26)17-16(11-22-25(17)3)23-19(27)24-20-7-13-4-14(8-20)6-15(5-13)9-20/h11-15H,4-10H2,1-3H3,(H,21,26)(H2,23,24,27). The van der Waals surface area contributed by atoms with Crippen molar-refractivity contribution < 1.29 is 9.59 Å². The average molecular weight is 374 g/mol. The Morgan fingerprint density at radius 2 is 1.78 bits per heavy atom. The van der Waals surface area contributed by atoms with Crippen molar-refractivity contribution in [3.8, 4) is 0 Å². The zero-order valence-electron chi connectivity index (χ0n) is 16.5. The number of rotatable bonds is 5. The Kier molecular flexibility index (Phi) is 4.64. The van der Waals surface area contributed by atoms with Gasteiger partial charge in [-0.3, -0.25) is 9.48 Å². The van der Waals surface area contributed by atoms with E-state index in [4.69, 9.17) is 0 Å². The van der Waals surface area contributed by atoms with Gasteiger partial charge in [0.2, 0.25) is 0 Å². The summed E-state index contributed by atoms with van der Waals surface area (Å²) in [5.74, 6) is 2.46. The van der Waals surface area contributed by atoms with Crippen LogP contribution in [-0.4, -0.2) is 33.8 Å². The number of nitrogens with zero attached hydrogens (tertiary/aromatic N) is 2. The summed E-state index contributed by atoms with van der Waals surface area (Å²) >= 11 is 0. The SMILES string of the molecule is CC(C)CNC(=O)c1c(NC(=O)NC23CC4CC(CC(C4)C2)C3)cnn1C. The zero-order chi connectivity index (χ0) is 19.2. The maximum Gasteiger partial charge on any atom is 0.319 e. The Hall–Kier alpha value is -2.05. The number of amides is 3. The summed E-state index contributed by atoms with van der Waals surface area (Å²) in [5.41, 5.74) is 0.790. The fraction of sp³-hybridized carbons (Fsp3) is 0.750. The highest BCUT2D eigenvalue weighted by Gasteiger charge is 2.51. The number of nitrogens with one attached hydrogen (secondary N) is 3. The lowest BCUT2D eigenvalue weighted by Gasteiger charge is -2.56. The molecule has 3 amide bonds. The number of hydrogen-bond donors (Lipinski definition) is 3. The number of aromatic nitrogens is 2. The summed E-state index contributed by atoms with van der Waals surface area (Å²) < 4.78 is 1.51. The smallest absolute Gasteiger partial charge is 0.319 e. The molecule has 0 saturated heterocycles. The molecule has 27 heavy (non-hydrogen) atoms. The summed E-state index contributed by atoms with van der Waals surface area (Å²) in [5, 5.41) is 13.2. The summed E-state index contributed by atoms with van der Waals surface area (Å²) in [6.45, 7) is 4.67. The Balaban J connectivity index is 1.42. The highest BCUT2D eigenvalue weighted by Crippen LogP contribution is 2.55. The van der Waals surface area contributed by atoms with Crippen LogP contribution < -0.4 is 16.0 Å². The second-order valence-electron chi connectivity index (χ2n) is 9.41. The van der Waals surface area contributed by atoms with E-state index < -0.39 is 0 Å². The molecule has 5 rings (SSSR count). The molecule has 0 radical (unpaired) electrons. The molecule has 4 aliphatic rings. The highest BCUT2D eigenvalue weighted by molar-refractivity contribution is 6.02. The van der Waals surface area contributed by atoms with E-state index in [0.29, 0.717) is 23.8 Å². The molecule has 4 bridgehead atoms. The van der Waals surface area contributed by atoms with Crippen molar-refractivity contribution in [2.45, 2.75) is 57.9 Å². The minimum absolute atomic E-state index is 0.0545. The first-order valence-corrected chi connectivity index (χ1v) is 10.2. The lowest BCUT2D eigenvalue weighted by Crippen LogP contribution is -2.60. The van der Waals surface area contributed by atoms with E-state index in [9.17, 15) is 9.59 Å². The lowest BCUT2D eigenvalue weighted by molar-refractivity contribution is -0.0127. The maximum absolute atomic E-state index is 12.8. The van der Waals surface area contributed by atoms with Crippen LogP contribution in [0.1, 0.15) is 62.9 Å². The number of carbonyl (C=O) groups is 2. The molecule has 0 aromatic carbocycles. The number of hydrogen-bond acceptors (Lipinski definition) is 3. The predicted molar refractivity (Wildman–Crippen MR) is 103 cm³/mol. The van der Waals surface area contributed by atoms with Crippen LogP contribution in [0.15, 0.2) is 6.20 Å². The van der Waals surface area contributed by atoms with Crippen LogP contribution in [0, 0.1) is 23.7 Å². The van der Waals surface area contributed by atoms with Gasteiger partial charge in [0.05, 0.1) is 11.9 Å². The van der Waals surface area contributed by atoms with E-state index in [1.54, 1.807) is 13.2 Å². The van der Waals surface area contributed by atoms with Gasteiger partial charge in [0.1, 0.15) is 5.69 Å². The van der Waals surface area contributed by atoms with E-state index in [0.717, 1.165) is 37.0 Å². The molecule has 1 heterocycles.